The molecule has 2 rings (SSSR count). The Morgan fingerprint density at radius 2 is 2.11 bits per heavy atom. The van der Waals surface area contributed by atoms with Crippen LogP contribution in [0.3, 0.4) is 0 Å². The van der Waals surface area contributed by atoms with E-state index in [1.807, 2.05) is 0 Å². The van der Waals surface area contributed by atoms with Crippen LogP contribution in [0.1, 0.15) is 32.8 Å². The minimum absolute atomic E-state index is 0.198. The van der Waals surface area contributed by atoms with Crippen LogP contribution in [0.4, 0.5) is 10.2 Å². The molecule has 5 nitrogen and oxygen atoms in total. The fraction of sp³-hybridized carbons (Fsp3) is 0.600. The summed E-state index contributed by atoms with van der Waals surface area (Å²) < 4.78 is 25.1. The molecule has 1 atom stereocenters. The molecule has 150 valence electrons. The Bertz CT molecular complexity index is 701. The van der Waals surface area contributed by atoms with E-state index in [0.717, 1.165) is 26.1 Å². The van der Waals surface area contributed by atoms with E-state index in [0.29, 0.717) is 11.7 Å². The van der Waals surface area contributed by atoms with Gasteiger partial charge in [0.1, 0.15) is 5.82 Å². The van der Waals surface area contributed by atoms with Crippen molar-refractivity contribution in [2.75, 3.05) is 31.7 Å². The van der Waals surface area contributed by atoms with Gasteiger partial charge < -0.3 is 14.1 Å². The maximum absolute atomic E-state index is 14.2. The number of anilines is 1. The second kappa shape index (κ2) is 8.52. The molecule has 0 spiro atoms. The number of nitrogens with zero attached hydrogens (tertiary/aromatic N) is 2. The maximum Gasteiger partial charge on any atom is 0.330 e. The van der Waals surface area contributed by atoms with E-state index in [4.69, 9.17) is 4.43 Å². The third-order valence-corrected chi connectivity index (χ3v) is 10.1. The fourth-order valence-corrected chi connectivity index (χ4v) is 3.77. The lowest BCUT2D eigenvalue weighted by atomic mass is 10.1. The number of rotatable bonds is 6. The Balaban J connectivity index is 1.96. The lowest BCUT2D eigenvalue weighted by Gasteiger charge is -2.37. The number of methoxy groups -OCH3 is 1. The van der Waals surface area contributed by atoms with Crippen LogP contribution in [0.25, 0.3) is 6.08 Å². The molecule has 1 unspecified atom stereocenters. The summed E-state index contributed by atoms with van der Waals surface area (Å²) in [6.45, 7) is 13.6. The first-order chi connectivity index (χ1) is 12.5. The number of carbonyl (C=O) groups is 1. The number of hydrogen-bond acceptors (Lipinski definition) is 5. The summed E-state index contributed by atoms with van der Waals surface area (Å²) in [5.74, 6) is -0.0587. The van der Waals surface area contributed by atoms with Crippen molar-refractivity contribution in [3.05, 3.63) is 29.7 Å². The van der Waals surface area contributed by atoms with Crippen molar-refractivity contribution in [3.8, 4) is 0 Å². The highest BCUT2D eigenvalue weighted by molar-refractivity contribution is 6.74. The summed E-state index contributed by atoms with van der Waals surface area (Å²) in [7, 11) is -0.471. The number of hydrogen-bond donors (Lipinski definition) is 0. The number of ether oxygens (including phenoxy) is 1. The zero-order valence-electron chi connectivity index (χ0n) is 17.2. The van der Waals surface area contributed by atoms with Crippen LogP contribution in [0.5, 0.6) is 0 Å². The van der Waals surface area contributed by atoms with Crippen molar-refractivity contribution < 1.29 is 18.3 Å². The Morgan fingerprint density at radius 3 is 2.70 bits per heavy atom. The van der Waals surface area contributed by atoms with Crippen LogP contribution in [0.2, 0.25) is 18.1 Å². The van der Waals surface area contributed by atoms with Gasteiger partial charge in [0.05, 0.1) is 7.11 Å². The highest BCUT2D eigenvalue weighted by atomic mass is 28.4. The third kappa shape index (κ3) is 5.62. The van der Waals surface area contributed by atoms with Gasteiger partial charge in [0.15, 0.2) is 8.32 Å². The van der Waals surface area contributed by atoms with E-state index in [1.54, 1.807) is 12.1 Å². The third-order valence-electron chi connectivity index (χ3n) is 5.56. The molecule has 7 heteroatoms. The number of carbonyl (C=O) groups excluding carboxylic acids is 1. The summed E-state index contributed by atoms with van der Waals surface area (Å²) in [6.07, 6.45) is 3.57. The Labute approximate surface area is 162 Å². The Morgan fingerprint density at radius 1 is 1.41 bits per heavy atom. The minimum atomic E-state index is -1.75. The predicted octanol–water partition coefficient (Wildman–Crippen LogP) is 4.26. The van der Waals surface area contributed by atoms with Gasteiger partial charge in [-0.3, -0.25) is 0 Å². The standard InChI is InChI=1S/C20H31FN2O3Si/c1-20(2,3)27(5,6)26-14-15-11-12-23(13-15)17-9-7-16(19(21)22-17)8-10-18(24)25-4/h7-10,15H,11-14H2,1-6H3/b10-8+. The molecular weight excluding hydrogens is 363 g/mol. The monoisotopic (exact) mass is 394 g/mol. The van der Waals surface area contributed by atoms with Gasteiger partial charge in [-0.25, -0.2) is 9.78 Å². The molecule has 27 heavy (non-hydrogen) atoms. The van der Waals surface area contributed by atoms with Crippen molar-refractivity contribution >= 4 is 26.2 Å². The molecule has 0 amide bonds. The van der Waals surface area contributed by atoms with Gasteiger partial charge in [0.2, 0.25) is 5.95 Å². The molecule has 0 aliphatic carbocycles. The predicted molar refractivity (Wildman–Crippen MR) is 109 cm³/mol. The van der Waals surface area contributed by atoms with Gasteiger partial charge in [0.25, 0.3) is 0 Å². The molecule has 0 radical (unpaired) electrons. The number of aromatic nitrogens is 1. The van der Waals surface area contributed by atoms with Crippen molar-refractivity contribution in [1.82, 2.24) is 4.98 Å². The van der Waals surface area contributed by atoms with Crippen molar-refractivity contribution in [2.24, 2.45) is 5.92 Å². The maximum atomic E-state index is 14.2. The SMILES string of the molecule is COC(=O)/C=C/c1ccc(N2CCC(CO[Si](C)(C)C(C)(C)C)C2)nc1F. The number of halogens is 1. The second-order valence-electron chi connectivity index (χ2n) is 8.58. The lowest BCUT2D eigenvalue weighted by Crippen LogP contribution is -2.42. The normalized spacial score (nSPS) is 18.3. The molecule has 1 aromatic heterocycles. The fourth-order valence-electron chi connectivity index (χ4n) is 2.68. The van der Waals surface area contributed by atoms with E-state index in [2.05, 4.69) is 48.5 Å². The molecule has 0 N–H and O–H groups in total. The Kier molecular flexibility index (Phi) is 6.81. The van der Waals surface area contributed by atoms with Crippen molar-refractivity contribution in [2.45, 2.75) is 45.3 Å². The molecule has 0 aromatic carbocycles. The van der Waals surface area contributed by atoms with Gasteiger partial charge in [-0.05, 0) is 42.8 Å². The highest BCUT2D eigenvalue weighted by Crippen LogP contribution is 2.37. The summed E-state index contributed by atoms with van der Waals surface area (Å²) in [4.78, 5) is 17.3. The lowest BCUT2D eigenvalue weighted by molar-refractivity contribution is -0.134. The van der Waals surface area contributed by atoms with E-state index in [9.17, 15) is 9.18 Å². The van der Waals surface area contributed by atoms with E-state index in [1.165, 1.54) is 19.3 Å². The van der Waals surface area contributed by atoms with E-state index < -0.39 is 20.2 Å². The van der Waals surface area contributed by atoms with Crippen LogP contribution < -0.4 is 4.90 Å². The molecule has 1 fully saturated rings. The zero-order chi connectivity index (χ0) is 20.2. The first kappa shape index (κ1) is 21.6. The Hall–Kier alpha value is -1.73. The molecule has 1 aliphatic heterocycles. The number of esters is 1. The molecular formula is C20H31FN2O3Si. The van der Waals surface area contributed by atoms with E-state index >= 15 is 0 Å². The van der Waals surface area contributed by atoms with Crippen LogP contribution in [-0.2, 0) is 14.0 Å². The number of pyridine rings is 1. The van der Waals surface area contributed by atoms with Crippen LogP contribution >= 0.6 is 0 Å². The first-order valence-electron chi connectivity index (χ1n) is 9.35. The van der Waals surface area contributed by atoms with Crippen LogP contribution in [0.15, 0.2) is 18.2 Å². The molecule has 1 aromatic rings. The average molecular weight is 395 g/mol. The van der Waals surface area contributed by atoms with Gasteiger partial charge in [-0.2, -0.15) is 4.39 Å². The first-order valence-corrected chi connectivity index (χ1v) is 12.3. The minimum Gasteiger partial charge on any atom is -0.466 e. The van der Waals surface area contributed by atoms with E-state index in [-0.39, 0.29) is 10.6 Å². The van der Waals surface area contributed by atoms with Crippen LogP contribution in [-0.4, -0.2) is 46.1 Å². The average Bonchev–Trinajstić information content (AvgIpc) is 3.06. The van der Waals surface area contributed by atoms with Gasteiger partial charge in [-0.15, -0.1) is 0 Å². The summed E-state index contributed by atoms with van der Waals surface area (Å²) in [5.41, 5.74) is 0.265. The molecule has 0 bridgehead atoms. The van der Waals surface area contributed by atoms with Crippen LogP contribution in [0, 0.1) is 11.9 Å². The highest BCUT2D eigenvalue weighted by Gasteiger charge is 2.38. The second-order valence-corrected chi connectivity index (χ2v) is 13.4. The summed E-state index contributed by atoms with van der Waals surface area (Å²) in [6, 6.07) is 3.42. The molecule has 2 heterocycles. The topological polar surface area (TPSA) is 51.7 Å². The summed E-state index contributed by atoms with van der Waals surface area (Å²) >= 11 is 0. The quantitative estimate of drug-likeness (QED) is 0.312. The zero-order valence-corrected chi connectivity index (χ0v) is 18.2. The van der Waals surface area contributed by atoms with Gasteiger partial charge in [-0.1, -0.05) is 20.8 Å². The summed E-state index contributed by atoms with van der Waals surface area (Å²) in [5, 5.41) is 0.198. The largest absolute Gasteiger partial charge is 0.466 e. The molecule has 1 saturated heterocycles. The molecule has 1 aliphatic rings. The van der Waals surface area contributed by atoms with Crippen molar-refractivity contribution in [1.29, 1.82) is 0 Å². The van der Waals surface area contributed by atoms with Gasteiger partial charge >= 0.3 is 5.97 Å². The van der Waals surface area contributed by atoms with Crippen molar-refractivity contribution in [3.63, 3.8) is 0 Å². The molecule has 0 saturated carbocycles. The van der Waals surface area contributed by atoms with Gasteiger partial charge in [0, 0.05) is 37.3 Å². The smallest absolute Gasteiger partial charge is 0.330 e.